The van der Waals surface area contributed by atoms with Gasteiger partial charge in [0.25, 0.3) is 0 Å². The van der Waals surface area contributed by atoms with Crippen LogP contribution in [0.5, 0.6) is 0 Å². The van der Waals surface area contributed by atoms with Gasteiger partial charge in [-0.3, -0.25) is 4.57 Å². The number of hydrogen-bond donors (Lipinski definition) is 4. The van der Waals surface area contributed by atoms with Crippen molar-refractivity contribution in [2.24, 2.45) is 11.8 Å². The normalized spacial score (nSPS) is 36.5. The van der Waals surface area contributed by atoms with Crippen LogP contribution in [0.2, 0.25) is 5.28 Å². The van der Waals surface area contributed by atoms with Crippen LogP contribution in [0.3, 0.4) is 0 Å². The van der Waals surface area contributed by atoms with E-state index in [4.69, 9.17) is 26.1 Å². The van der Waals surface area contributed by atoms with Crippen molar-refractivity contribution >= 4 is 36.0 Å². The van der Waals surface area contributed by atoms with Crippen LogP contribution in [0.25, 0.3) is 11.0 Å². The van der Waals surface area contributed by atoms with Crippen LogP contribution in [0.1, 0.15) is 25.5 Å². The number of fused-ring (bicyclic) bond motifs is 2. The van der Waals surface area contributed by atoms with Gasteiger partial charge in [-0.2, -0.15) is 4.98 Å². The lowest BCUT2D eigenvalue weighted by atomic mass is 10.1. The predicted octanol–water partition coefficient (Wildman–Crippen LogP) is 1.68. The highest BCUT2D eigenvalue weighted by Gasteiger charge is 2.46. The Kier molecular flexibility index (Phi) is 5.51. The smallest absolute Gasteiger partial charge is 0.352 e. The Morgan fingerprint density at radius 2 is 2.03 bits per heavy atom. The second kappa shape index (κ2) is 7.93. The van der Waals surface area contributed by atoms with Gasteiger partial charge >= 0.3 is 7.60 Å². The van der Waals surface area contributed by atoms with E-state index in [1.165, 1.54) is 6.42 Å². The van der Waals surface area contributed by atoms with Crippen LogP contribution in [-0.2, 0) is 18.9 Å². The summed E-state index contributed by atoms with van der Waals surface area (Å²) >= 11 is 6.17. The Hall–Kier alpha value is -1.30. The van der Waals surface area contributed by atoms with Crippen LogP contribution in [0, 0.1) is 11.8 Å². The van der Waals surface area contributed by atoms with Crippen molar-refractivity contribution < 1.29 is 34.0 Å². The molecule has 11 nitrogen and oxygen atoms in total. The largest absolute Gasteiger partial charge is 0.387 e. The van der Waals surface area contributed by atoms with Gasteiger partial charge < -0.3 is 29.7 Å². The molecule has 0 aromatic carbocycles. The monoisotopic (exact) mass is 474 g/mol. The number of aromatic nitrogens is 3. The zero-order valence-electron chi connectivity index (χ0n) is 16.7. The molecule has 0 radical (unpaired) electrons. The number of nitrogens with one attached hydrogen (secondary N) is 1. The standard InChI is InChI=1S/C18H24ClN4O7P/c1-31(26,27)30-28-7-12-13(24)14(25)17(29-12)23-3-2-11-15(21-18(19)22-16(11)23)20-10-5-8-4-9(8)6-10/h2-3,8-10,12-14,17,24-25H,4-7H2,1H3,(H,26,27)(H,20,21,22)/t8?,9?,10?,12-,13-,14-,17-/m1/s1. The van der Waals surface area contributed by atoms with Gasteiger partial charge in [0.1, 0.15) is 36.4 Å². The number of aliphatic hydroxyl groups excluding tert-OH is 2. The number of anilines is 1. The van der Waals surface area contributed by atoms with Gasteiger partial charge in [0.05, 0.1) is 5.39 Å². The molecule has 2 aromatic rings. The van der Waals surface area contributed by atoms with Crippen LogP contribution < -0.4 is 5.32 Å². The van der Waals surface area contributed by atoms with Crippen molar-refractivity contribution in [1.29, 1.82) is 0 Å². The minimum atomic E-state index is -3.84. The molecule has 31 heavy (non-hydrogen) atoms. The quantitative estimate of drug-likeness (QED) is 0.202. The third kappa shape index (κ3) is 4.34. The summed E-state index contributed by atoms with van der Waals surface area (Å²) in [7, 11) is -3.84. The molecule has 1 aliphatic heterocycles. The Bertz CT molecular complexity index is 1020. The lowest BCUT2D eigenvalue weighted by molar-refractivity contribution is -0.238. The van der Waals surface area contributed by atoms with E-state index in [1.54, 1.807) is 16.8 Å². The minimum Gasteiger partial charge on any atom is -0.387 e. The summed E-state index contributed by atoms with van der Waals surface area (Å²) in [6.07, 6.45) is 0.686. The summed E-state index contributed by atoms with van der Waals surface area (Å²) in [5.74, 6) is 2.26. The molecular formula is C18H24ClN4O7P. The first-order valence-corrected chi connectivity index (χ1v) is 12.5. The maximum atomic E-state index is 11.2. The van der Waals surface area contributed by atoms with Crippen LogP contribution in [0.15, 0.2) is 12.3 Å². The second-order valence-electron chi connectivity index (χ2n) is 8.58. The van der Waals surface area contributed by atoms with E-state index in [0.29, 0.717) is 17.5 Å². The van der Waals surface area contributed by atoms with E-state index in [0.717, 1.165) is 36.7 Å². The minimum absolute atomic E-state index is 0.0565. The number of halogens is 1. The average molecular weight is 475 g/mol. The molecule has 170 valence electrons. The van der Waals surface area contributed by atoms with Gasteiger partial charge in [-0.25, -0.2) is 9.87 Å². The predicted molar refractivity (Wildman–Crippen MR) is 109 cm³/mol. The van der Waals surface area contributed by atoms with Gasteiger partial charge in [-0.05, 0) is 48.8 Å². The second-order valence-corrected chi connectivity index (χ2v) is 10.7. The molecule has 3 fully saturated rings. The molecule has 4 N–H and O–H groups in total. The van der Waals surface area contributed by atoms with E-state index in [2.05, 4.69) is 20.0 Å². The van der Waals surface area contributed by atoms with E-state index in [-0.39, 0.29) is 11.9 Å². The molecule has 2 aromatic heterocycles. The zero-order valence-corrected chi connectivity index (χ0v) is 18.3. The summed E-state index contributed by atoms with van der Waals surface area (Å²) in [6.45, 7) is 0.616. The highest BCUT2D eigenvalue weighted by atomic mass is 35.5. The third-order valence-electron chi connectivity index (χ3n) is 6.16. The highest BCUT2D eigenvalue weighted by Crippen LogP contribution is 2.52. The topological polar surface area (TPSA) is 148 Å². The molecule has 3 unspecified atom stereocenters. The van der Waals surface area contributed by atoms with E-state index in [1.807, 2.05) is 0 Å². The molecule has 7 atom stereocenters. The molecule has 1 saturated heterocycles. The molecule has 5 rings (SSSR count). The van der Waals surface area contributed by atoms with E-state index >= 15 is 0 Å². The SMILES string of the molecule is CP(=O)(O)OOC[C@H]1O[C@@H](n2ccc3c(NC4CC5CC5C4)nc(Cl)nc32)[C@H](O)[C@@H]1O. The number of aliphatic hydroxyl groups is 2. The maximum Gasteiger partial charge on any atom is 0.352 e. The van der Waals surface area contributed by atoms with Crippen molar-refractivity contribution in [3.8, 4) is 0 Å². The molecule has 2 aliphatic carbocycles. The Morgan fingerprint density at radius 3 is 2.74 bits per heavy atom. The molecule has 13 heteroatoms. The fourth-order valence-electron chi connectivity index (χ4n) is 4.64. The molecule has 3 aliphatic rings. The van der Waals surface area contributed by atoms with Crippen LogP contribution in [0.4, 0.5) is 5.82 Å². The van der Waals surface area contributed by atoms with Crippen molar-refractivity contribution in [1.82, 2.24) is 14.5 Å². The van der Waals surface area contributed by atoms with Crippen molar-refractivity contribution in [3.63, 3.8) is 0 Å². The van der Waals surface area contributed by atoms with Crippen molar-refractivity contribution in [2.75, 3.05) is 18.6 Å². The van der Waals surface area contributed by atoms with Gasteiger partial charge in [0, 0.05) is 18.9 Å². The highest BCUT2D eigenvalue weighted by molar-refractivity contribution is 7.51. The summed E-state index contributed by atoms with van der Waals surface area (Å²) in [5, 5.41) is 25.1. The molecule has 0 bridgehead atoms. The number of hydrogen-bond acceptors (Lipinski definition) is 9. The van der Waals surface area contributed by atoms with Gasteiger partial charge in [0.2, 0.25) is 5.28 Å². The average Bonchev–Trinajstić information content (AvgIpc) is 2.98. The van der Waals surface area contributed by atoms with Crippen LogP contribution in [-0.4, -0.2) is 67.3 Å². The first-order chi connectivity index (χ1) is 14.7. The molecule has 0 amide bonds. The lowest BCUT2D eigenvalue weighted by Gasteiger charge is -2.18. The Labute approximate surface area is 182 Å². The lowest BCUT2D eigenvalue weighted by Crippen LogP contribution is -2.33. The van der Waals surface area contributed by atoms with Gasteiger partial charge in [-0.1, -0.05) is 0 Å². The van der Waals surface area contributed by atoms with E-state index in [9.17, 15) is 14.8 Å². The summed E-state index contributed by atoms with van der Waals surface area (Å²) < 4.78 is 22.8. The molecule has 2 saturated carbocycles. The fraction of sp³-hybridized carbons (Fsp3) is 0.667. The van der Waals surface area contributed by atoms with Crippen molar-refractivity contribution in [2.45, 2.75) is 49.8 Å². The summed E-state index contributed by atoms with van der Waals surface area (Å²) in [6, 6.07) is 2.15. The van der Waals surface area contributed by atoms with Gasteiger partial charge in [-0.15, -0.1) is 4.67 Å². The van der Waals surface area contributed by atoms with Crippen molar-refractivity contribution in [3.05, 3.63) is 17.5 Å². The molecular weight excluding hydrogens is 451 g/mol. The van der Waals surface area contributed by atoms with Gasteiger partial charge in [0.15, 0.2) is 6.23 Å². The summed E-state index contributed by atoms with van der Waals surface area (Å²) in [5.41, 5.74) is 0.452. The number of rotatable bonds is 7. The Balaban J connectivity index is 1.35. The molecule has 0 spiro atoms. The fourth-order valence-corrected chi connectivity index (χ4v) is 5.06. The van der Waals surface area contributed by atoms with Crippen LogP contribution >= 0.6 is 19.2 Å². The number of nitrogens with zero attached hydrogens (tertiary/aromatic N) is 3. The third-order valence-corrected chi connectivity index (χ3v) is 6.71. The first kappa shape index (κ1) is 21.5. The summed E-state index contributed by atoms with van der Waals surface area (Å²) in [4.78, 5) is 22.5. The van der Waals surface area contributed by atoms with E-state index < -0.39 is 32.1 Å². The molecule has 3 heterocycles. The maximum absolute atomic E-state index is 11.2. The first-order valence-electron chi connectivity index (χ1n) is 10.1. The zero-order chi connectivity index (χ0) is 21.9. The number of ether oxygens (including phenoxy) is 1. The Morgan fingerprint density at radius 1 is 1.29 bits per heavy atom.